The zero-order valence-electron chi connectivity index (χ0n) is 19.2. The fraction of sp³-hybridized carbons (Fsp3) is 0.545. The fourth-order valence-corrected chi connectivity index (χ4v) is 5.06. The summed E-state index contributed by atoms with van der Waals surface area (Å²) in [4.78, 5) is 0. The first-order valence-electron chi connectivity index (χ1n) is 8.66. The van der Waals surface area contributed by atoms with Crippen LogP contribution in [-0.4, -0.2) is 16.1 Å². The van der Waals surface area contributed by atoms with Crippen LogP contribution in [0.3, 0.4) is 0 Å². The van der Waals surface area contributed by atoms with Crippen LogP contribution in [0.4, 0.5) is 0 Å². The molecule has 27 heavy (non-hydrogen) atoms. The van der Waals surface area contributed by atoms with Crippen LogP contribution >= 0.6 is 0 Å². The van der Waals surface area contributed by atoms with E-state index in [9.17, 15) is 0 Å². The Hall–Kier alpha value is -0.774. The molecule has 0 amide bonds. The third kappa shape index (κ3) is 14.9. The van der Waals surface area contributed by atoms with Crippen molar-refractivity contribution in [3.63, 3.8) is 0 Å². The quantitative estimate of drug-likeness (QED) is 0.199. The standard InChI is InChI=1S/C12H18.C8H18Si2.2CO.Cr/c1-7-8(2)10(4)12(6)11(5)9(7)3;1-9(2,3)7-8-10(4,5)6;2*1-2;/h1-6H3;1-6H3;;;. The maximum Gasteiger partial charge on any atom is 0 e. The summed E-state index contributed by atoms with van der Waals surface area (Å²) >= 11 is 0. The first-order valence-corrected chi connectivity index (χ1v) is 15.7. The molecule has 1 aromatic carbocycles. The average Bonchev–Trinajstić information content (AvgIpc) is 2.58. The van der Waals surface area contributed by atoms with Gasteiger partial charge in [-0.15, -0.1) is 11.1 Å². The summed E-state index contributed by atoms with van der Waals surface area (Å²) in [6.45, 7) is 36.0. The number of rotatable bonds is 0. The fourth-order valence-electron chi connectivity index (χ4n) is 2.06. The second kappa shape index (κ2) is 15.2. The zero-order valence-corrected chi connectivity index (χ0v) is 22.5. The molecule has 0 spiro atoms. The molecule has 0 unspecified atom stereocenters. The summed E-state index contributed by atoms with van der Waals surface area (Å²) in [5, 5.41) is 0. The Labute approximate surface area is 181 Å². The Bertz CT molecular complexity index is 551. The summed E-state index contributed by atoms with van der Waals surface area (Å²) in [5.41, 5.74) is 15.6. The summed E-state index contributed by atoms with van der Waals surface area (Å²) in [6.07, 6.45) is 0. The SMILES string of the molecule is C[Si](C)(C)C#C[Si](C)(C)C.Cc1c(C)c(C)c(C)c(C)c1C.[C-]#[O+].[C-]#[O+].[Cr]. The van der Waals surface area contributed by atoms with Gasteiger partial charge >= 0.3 is 22.6 Å². The van der Waals surface area contributed by atoms with E-state index in [1.807, 2.05) is 0 Å². The zero-order chi connectivity index (χ0) is 21.9. The van der Waals surface area contributed by atoms with Crippen LogP contribution < -0.4 is 0 Å². The molecule has 5 heteroatoms. The third-order valence-electron chi connectivity index (χ3n) is 4.19. The van der Waals surface area contributed by atoms with E-state index in [1.54, 1.807) is 0 Å². The van der Waals surface area contributed by atoms with E-state index < -0.39 is 16.1 Å². The van der Waals surface area contributed by atoms with Crippen LogP contribution in [-0.2, 0) is 26.7 Å². The van der Waals surface area contributed by atoms with Crippen molar-refractivity contribution < 1.29 is 26.7 Å². The molecule has 0 atom stereocenters. The van der Waals surface area contributed by atoms with Crippen LogP contribution in [0.1, 0.15) is 33.4 Å². The molecule has 0 aromatic heterocycles. The van der Waals surface area contributed by atoms with Crippen molar-refractivity contribution in [2.45, 2.75) is 80.8 Å². The molecule has 0 saturated heterocycles. The molecule has 0 heterocycles. The third-order valence-corrected chi connectivity index (χ3v) is 6.19. The smallest absolute Gasteiger partial charge is 0 e. The molecule has 0 N–H and O–H groups in total. The Kier molecular flexibility index (Phi) is 19.0. The normalized spacial score (nSPS) is 9.33. The molecule has 0 bridgehead atoms. The van der Waals surface area contributed by atoms with E-state index in [-0.39, 0.29) is 17.4 Å². The van der Waals surface area contributed by atoms with Gasteiger partial charge in [-0.1, -0.05) is 39.3 Å². The second-order valence-electron chi connectivity index (χ2n) is 8.50. The maximum absolute atomic E-state index is 7.50. The maximum atomic E-state index is 7.50. The van der Waals surface area contributed by atoms with Crippen molar-refractivity contribution in [1.29, 1.82) is 0 Å². The number of hydrogen-bond acceptors (Lipinski definition) is 0. The number of benzene rings is 1. The van der Waals surface area contributed by atoms with E-state index in [4.69, 9.17) is 9.30 Å². The van der Waals surface area contributed by atoms with Gasteiger partial charge in [-0.2, -0.15) is 0 Å². The summed E-state index contributed by atoms with van der Waals surface area (Å²) in [7, 11) is -2.19. The molecule has 0 fully saturated rings. The molecular formula is C22H36CrO2Si2. The Balaban J connectivity index is -0.000000162. The van der Waals surface area contributed by atoms with Crippen molar-refractivity contribution in [2.75, 3.05) is 0 Å². The van der Waals surface area contributed by atoms with E-state index in [2.05, 4.69) is 105 Å². The van der Waals surface area contributed by atoms with Crippen molar-refractivity contribution in [3.8, 4) is 11.1 Å². The molecule has 2 nitrogen and oxygen atoms in total. The van der Waals surface area contributed by atoms with Gasteiger partial charge in [0.2, 0.25) is 0 Å². The summed E-state index contributed by atoms with van der Waals surface area (Å²) < 4.78 is 15.0. The van der Waals surface area contributed by atoms with Crippen LogP contribution in [0.2, 0.25) is 39.3 Å². The minimum atomic E-state index is -1.09. The van der Waals surface area contributed by atoms with Crippen LogP contribution in [0, 0.1) is 65.9 Å². The van der Waals surface area contributed by atoms with Crippen LogP contribution in [0.25, 0.3) is 0 Å². The Morgan fingerprint density at radius 3 is 0.667 bits per heavy atom. The first-order chi connectivity index (χ1) is 11.7. The molecule has 0 saturated carbocycles. The molecule has 0 aliphatic heterocycles. The Morgan fingerprint density at radius 2 is 0.593 bits per heavy atom. The minimum Gasteiger partial charge on any atom is 0 e. The van der Waals surface area contributed by atoms with Gasteiger partial charge in [0.05, 0.1) is 0 Å². The van der Waals surface area contributed by atoms with Crippen LogP contribution in [0.5, 0.6) is 0 Å². The Morgan fingerprint density at radius 1 is 0.481 bits per heavy atom. The molecule has 1 aromatic rings. The topological polar surface area (TPSA) is 39.8 Å². The van der Waals surface area contributed by atoms with E-state index in [1.165, 1.54) is 33.4 Å². The van der Waals surface area contributed by atoms with Gasteiger partial charge in [0.15, 0.2) is 0 Å². The summed E-state index contributed by atoms with van der Waals surface area (Å²) in [5.74, 6) is 0. The predicted octanol–water partition coefficient (Wildman–Crippen LogP) is 6.20. The average molecular weight is 441 g/mol. The van der Waals surface area contributed by atoms with Gasteiger partial charge < -0.3 is 0 Å². The number of hydrogen-bond donors (Lipinski definition) is 0. The molecule has 150 valence electrons. The molecule has 0 radical (unpaired) electrons. The van der Waals surface area contributed by atoms with Gasteiger partial charge in [-0.25, -0.2) is 0 Å². The first kappa shape index (κ1) is 33.8. The largest absolute Gasteiger partial charge is 0 e. The van der Waals surface area contributed by atoms with Gasteiger partial charge in [0.1, 0.15) is 16.1 Å². The van der Waals surface area contributed by atoms with Crippen molar-refractivity contribution in [2.24, 2.45) is 0 Å². The van der Waals surface area contributed by atoms with E-state index in [0.717, 1.165) is 0 Å². The predicted molar refractivity (Wildman–Crippen MR) is 117 cm³/mol. The van der Waals surface area contributed by atoms with Gasteiger partial charge in [-0.05, 0) is 74.9 Å². The monoisotopic (exact) mass is 440 g/mol. The van der Waals surface area contributed by atoms with Crippen molar-refractivity contribution >= 4 is 16.1 Å². The van der Waals surface area contributed by atoms with Gasteiger partial charge in [0.25, 0.3) is 0 Å². The van der Waals surface area contributed by atoms with Crippen molar-refractivity contribution in [1.82, 2.24) is 0 Å². The molecular weight excluding hydrogens is 404 g/mol. The van der Waals surface area contributed by atoms with Crippen molar-refractivity contribution in [3.05, 3.63) is 46.7 Å². The molecule has 0 aliphatic carbocycles. The molecule has 1 rings (SSSR count). The van der Waals surface area contributed by atoms with E-state index in [0.29, 0.717) is 0 Å². The molecule has 0 aliphatic rings. The van der Waals surface area contributed by atoms with Gasteiger partial charge in [-0.3, -0.25) is 0 Å². The van der Waals surface area contributed by atoms with Gasteiger partial charge in [0, 0.05) is 17.4 Å². The minimum absolute atomic E-state index is 0. The second-order valence-corrected chi connectivity index (χ2v) is 18.0. The summed E-state index contributed by atoms with van der Waals surface area (Å²) in [6, 6.07) is 0. The van der Waals surface area contributed by atoms with E-state index >= 15 is 0 Å². The van der Waals surface area contributed by atoms with Crippen LogP contribution in [0.15, 0.2) is 0 Å².